The molecule has 1 radical (unpaired) electrons. The summed E-state index contributed by atoms with van der Waals surface area (Å²) in [6.45, 7) is 0.671. The van der Waals surface area contributed by atoms with Crippen molar-refractivity contribution in [1.82, 2.24) is 5.73 Å². The molecule has 3 heteroatoms. The molecule has 0 aromatic heterocycles. The van der Waals surface area contributed by atoms with E-state index >= 15 is 0 Å². The highest BCUT2D eigenvalue weighted by atomic mass is 16.6. The van der Waals surface area contributed by atoms with E-state index in [1.807, 2.05) is 0 Å². The smallest absolute Gasteiger partial charge is 0.241 e. The van der Waals surface area contributed by atoms with E-state index in [1.54, 1.807) is 0 Å². The molecule has 1 heterocycles. The van der Waals surface area contributed by atoms with E-state index in [4.69, 9.17) is 5.73 Å². The molecule has 1 saturated heterocycles. The molecule has 1 aliphatic heterocycles. The number of carbonyl (C=O) groups is 1. The molecule has 1 aliphatic rings. The molecule has 0 aromatic carbocycles. The van der Waals surface area contributed by atoms with Crippen LogP contribution >= 0.6 is 0 Å². The maximum absolute atomic E-state index is 9.88. The van der Waals surface area contributed by atoms with Gasteiger partial charge in [0.15, 0.2) is 0 Å². The van der Waals surface area contributed by atoms with Crippen molar-refractivity contribution >= 4 is 5.91 Å². The Hall–Kier alpha value is -0.570. The molecule has 0 spiro atoms. The van der Waals surface area contributed by atoms with Gasteiger partial charge >= 0.3 is 0 Å². The summed E-state index contributed by atoms with van der Waals surface area (Å²) in [6, 6.07) is 0. The number of nitrogens with one attached hydrogen (secondary N) is 1. The van der Waals surface area contributed by atoms with Gasteiger partial charge < -0.3 is 4.74 Å². The van der Waals surface area contributed by atoms with Crippen molar-refractivity contribution in [3.05, 3.63) is 0 Å². The lowest BCUT2D eigenvalue weighted by Crippen LogP contribution is -2.01. The Kier molecular flexibility index (Phi) is 0.982. The third kappa shape index (κ3) is 1.55. The zero-order chi connectivity index (χ0) is 5.28. The second kappa shape index (κ2) is 1.50. The first-order chi connectivity index (χ1) is 3.29. The predicted octanol–water partition coefficient (Wildman–Crippen LogP) is -0.415. The van der Waals surface area contributed by atoms with E-state index < -0.39 is 5.91 Å². The van der Waals surface area contributed by atoms with E-state index in [0.29, 0.717) is 6.61 Å². The van der Waals surface area contributed by atoms with Crippen LogP contribution in [-0.4, -0.2) is 18.6 Å². The van der Waals surface area contributed by atoms with E-state index in [9.17, 15) is 4.79 Å². The molecule has 1 rings (SSSR count). The van der Waals surface area contributed by atoms with Gasteiger partial charge in [0.1, 0.15) is 0 Å². The van der Waals surface area contributed by atoms with Crippen molar-refractivity contribution < 1.29 is 9.53 Å². The number of rotatable bonds is 2. The van der Waals surface area contributed by atoms with E-state index in [2.05, 4.69) is 4.74 Å². The summed E-state index contributed by atoms with van der Waals surface area (Å²) in [6.07, 6.45) is 0.366. The maximum atomic E-state index is 9.88. The highest BCUT2D eigenvalue weighted by molar-refractivity contribution is 5.73. The third-order valence-electron chi connectivity index (χ3n) is 0.815. The molecule has 7 heavy (non-hydrogen) atoms. The summed E-state index contributed by atoms with van der Waals surface area (Å²) in [7, 11) is 0. The lowest BCUT2D eigenvalue weighted by Gasteiger charge is -1.79. The summed E-state index contributed by atoms with van der Waals surface area (Å²) in [5.41, 5.74) is 6.43. The Bertz CT molecular complexity index is 87.7. The molecule has 1 unspecified atom stereocenters. The highest BCUT2D eigenvalue weighted by Gasteiger charge is 2.24. The van der Waals surface area contributed by atoms with Crippen LogP contribution in [-0.2, 0) is 9.53 Å². The van der Waals surface area contributed by atoms with Gasteiger partial charge in [-0.1, -0.05) is 0 Å². The SMILES string of the molecule is [NH]C(=O)CC1CO1. The molecule has 39 valence electrons. The normalized spacial score (nSPS) is 27.1. The predicted molar refractivity (Wildman–Crippen MR) is 22.5 cm³/mol. The van der Waals surface area contributed by atoms with Crippen LogP contribution in [0, 0.1) is 0 Å². The van der Waals surface area contributed by atoms with Gasteiger partial charge in [-0.2, -0.15) is 0 Å². The molecule has 0 saturated carbocycles. The summed E-state index contributed by atoms with van der Waals surface area (Å²) in [5.74, 6) is -0.525. The molecular weight excluding hydrogens is 94.0 g/mol. The first-order valence-corrected chi connectivity index (χ1v) is 2.15. The number of epoxide rings is 1. The van der Waals surface area contributed by atoms with Gasteiger partial charge in [-0.05, 0) is 0 Å². The third-order valence-corrected chi connectivity index (χ3v) is 0.815. The van der Waals surface area contributed by atoms with Gasteiger partial charge in [0.25, 0.3) is 0 Å². The fourth-order valence-corrected chi connectivity index (χ4v) is 0.393. The summed E-state index contributed by atoms with van der Waals surface area (Å²) < 4.78 is 4.68. The first-order valence-electron chi connectivity index (χ1n) is 2.15. The van der Waals surface area contributed by atoms with Gasteiger partial charge in [0, 0.05) is 0 Å². The van der Waals surface area contributed by atoms with Gasteiger partial charge in [0.2, 0.25) is 5.91 Å². The van der Waals surface area contributed by atoms with Crippen molar-refractivity contribution in [3.63, 3.8) is 0 Å². The second-order valence-corrected chi connectivity index (χ2v) is 1.58. The molecule has 0 bridgehead atoms. The molecule has 1 amide bonds. The van der Waals surface area contributed by atoms with Crippen molar-refractivity contribution in [2.75, 3.05) is 6.61 Å². The molecular formula is C4H6NO2. The first kappa shape index (κ1) is 4.59. The lowest BCUT2D eigenvalue weighted by atomic mass is 10.3. The van der Waals surface area contributed by atoms with Crippen LogP contribution in [0.15, 0.2) is 0 Å². The molecule has 1 atom stereocenters. The fourth-order valence-electron chi connectivity index (χ4n) is 0.393. The minimum atomic E-state index is -0.525. The largest absolute Gasteiger partial charge is 0.373 e. The Labute approximate surface area is 41.4 Å². The number of amides is 1. The van der Waals surface area contributed by atoms with Gasteiger partial charge in [-0.25, -0.2) is 0 Å². The summed E-state index contributed by atoms with van der Waals surface area (Å²) >= 11 is 0. The van der Waals surface area contributed by atoms with Crippen LogP contribution in [0.1, 0.15) is 6.42 Å². The van der Waals surface area contributed by atoms with Gasteiger partial charge in [-0.15, -0.1) is 0 Å². The van der Waals surface area contributed by atoms with Crippen LogP contribution < -0.4 is 5.73 Å². The van der Waals surface area contributed by atoms with Crippen LogP contribution in [0.5, 0.6) is 0 Å². The van der Waals surface area contributed by atoms with E-state index in [1.165, 1.54) is 0 Å². The average molecular weight is 100 g/mol. The monoisotopic (exact) mass is 100 g/mol. The van der Waals surface area contributed by atoms with E-state index in [0.717, 1.165) is 0 Å². The van der Waals surface area contributed by atoms with Crippen molar-refractivity contribution in [2.45, 2.75) is 12.5 Å². The van der Waals surface area contributed by atoms with Gasteiger partial charge in [-0.3, -0.25) is 10.5 Å². The standard InChI is InChI=1S/C4H6NO2/c5-4(6)1-3-2-7-3/h3,5H,1-2H2. The maximum Gasteiger partial charge on any atom is 0.241 e. The Morgan fingerprint density at radius 1 is 2.00 bits per heavy atom. The molecule has 0 aromatic rings. The number of hydrogen-bond acceptors (Lipinski definition) is 2. The van der Waals surface area contributed by atoms with Crippen molar-refractivity contribution in [1.29, 1.82) is 0 Å². The van der Waals surface area contributed by atoms with E-state index in [-0.39, 0.29) is 12.5 Å². The molecule has 1 fully saturated rings. The lowest BCUT2D eigenvalue weighted by molar-refractivity contribution is -0.118. The van der Waals surface area contributed by atoms with Crippen molar-refractivity contribution in [3.8, 4) is 0 Å². The highest BCUT2D eigenvalue weighted by Crippen LogP contribution is 2.11. The number of ether oxygens (including phenoxy) is 1. The summed E-state index contributed by atoms with van der Waals surface area (Å²) in [5, 5.41) is 0. The van der Waals surface area contributed by atoms with Crippen molar-refractivity contribution in [2.24, 2.45) is 0 Å². The Morgan fingerprint density at radius 3 is 2.71 bits per heavy atom. The van der Waals surface area contributed by atoms with Crippen LogP contribution in [0.3, 0.4) is 0 Å². The minimum absolute atomic E-state index is 0.0880. The topological polar surface area (TPSA) is 53.4 Å². The second-order valence-electron chi connectivity index (χ2n) is 1.58. The van der Waals surface area contributed by atoms with Crippen LogP contribution in [0.2, 0.25) is 0 Å². The summed E-state index contributed by atoms with van der Waals surface area (Å²) in [4.78, 5) is 9.88. The molecule has 1 N–H and O–H groups in total. The molecule has 3 nitrogen and oxygen atoms in total. The number of carbonyl (C=O) groups excluding carboxylic acids is 1. The Morgan fingerprint density at radius 2 is 2.57 bits per heavy atom. The zero-order valence-electron chi connectivity index (χ0n) is 3.81. The van der Waals surface area contributed by atoms with Gasteiger partial charge in [0.05, 0.1) is 19.1 Å². The zero-order valence-corrected chi connectivity index (χ0v) is 3.81. The molecule has 0 aliphatic carbocycles. The quantitative estimate of drug-likeness (QED) is 0.443. The Balaban J connectivity index is 2.08. The number of hydrogen-bond donors (Lipinski definition) is 0. The average Bonchev–Trinajstić information content (AvgIpc) is 2.17. The van der Waals surface area contributed by atoms with Crippen LogP contribution in [0.25, 0.3) is 0 Å². The minimum Gasteiger partial charge on any atom is -0.373 e. The fraction of sp³-hybridized carbons (Fsp3) is 0.750. The van der Waals surface area contributed by atoms with Crippen LogP contribution in [0.4, 0.5) is 0 Å².